The summed E-state index contributed by atoms with van der Waals surface area (Å²) in [6.45, 7) is 3.87. The van der Waals surface area contributed by atoms with Crippen molar-refractivity contribution in [3.05, 3.63) is 0 Å². The molecule has 9 heavy (non-hydrogen) atoms. The highest BCUT2D eigenvalue weighted by Crippen LogP contribution is 2.39. The maximum absolute atomic E-state index is 9.52. The smallest absolute Gasteiger partial charge is 0.0906 e. The number of hydrogen-bond acceptors (Lipinski definition) is 2. The zero-order chi connectivity index (χ0) is 7.07. The Morgan fingerprint density at radius 3 is 2.33 bits per heavy atom. The van der Waals surface area contributed by atoms with Gasteiger partial charge in [-0.1, -0.05) is 6.92 Å². The molecule has 2 nitrogen and oxygen atoms in total. The third-order valence-electron chi connectivity index (χ3n) is 2.50. The van der Waals surface area contributed by atoms with Crippen LogP contribution in [0.4, 0.5) is 0 Å². The molecular formula is C7H14O2. The van der Waals surface area contributed by atoms with Gasteiger partial charge in [0.05, 0.1) is 11.7 Å². The van der Waals surface area contributed by atoms with Crippen molar-refractivity contribution >= 4 is 0 Å². The van der Waals surface area contributed by atoms with Crippen molar-refractivity contribution in [1.29, 1.82) is 0 Å². The second kappa shape index (κ2) is 1.96. The second-order valence-electron chi connectivity index (χ2n) is 3.09. The fourth-order valence-corrected chi connectivity index (χ4v) is 1.29. The van der Waals surface area contributed by atoms with E-state index in [1.807, 2.05) is 13.8 Å². The van der Waals surface area contributed by atoms with Crippen molar-refractivity contribution < 1.29 is 9.84 Å². The van der Waals surface area contributed by atoms with Gasteiger partial charge in [0.2, 0.25) is 0 Å². The highest BCUT2D eigenvalue weighted by Gasteiger charge is 2.47. The van der Waals surface area contributed by atoms with Gasteiger partial charge in [-0.15, -0.1) is 0 Å². The van der Waals surface area contributed by atoms with E-state index >= 15 is 0 Å². The minimum absolute atomic E-state index is 0.0625. The Morgan fingerprint density at radius 1 is 1.67 bits per heavy atom. The van der Waals surface area contributed by atoms with Gasteiger partial charge in [0.25, 0.3) is 0 Å². The molecule has 0 bridgehead atoms. The third kappa shape index (κ3) is 0.864. The lowest BCUT2D eigenvalue weighted by Gasteiger charge is -2.47. The van der Waals surface area contributed by atoms with Gasteiger partial charge in [0.15, 0.2) is 0 Å². The first-order valence-electron chi connectivity index (χ1n) is 3.34. The lowest BCUT2D eigenvalue weighted by Crippen LogP contribution is -2.56. The van der Waals surface area contributed by atoms with E-state index < -0.39 is 5.60 Å². The molecule has 0 spiro atoms. The van der Waals surface area contributed by atoms with E-state index in [9.17, 15) is 5.11 Å². The van der Waals surface area contributed by atoms with Crippen molar-refractivity contribution in [1.82, 2.24) is 0 Å². The van der Waals surface area contributed by atoms with Gasteiger partial charge in [-0.2, -0.15) is 0 Å². The Hall–Kier alpha value is -0.0800. The molecule has 0 amide bonds. The first-order chi connectivity index (χ1) is 4.09. The highest BCUT2D eigenvalue weighted by atomic mass is 16.5. The lowest BCUT2D eigenvalue weighted by atomic mass is 9.69. The largest absolute Gasteiger partial charge is 0.387 e. The van der Waals surface area contributed by atoms with E-state index in [0.29, 0.717) is 5.92 Å². The van der Waals surface area contributed by atoms with E-state index in [0.717, 1.165) is 6.42 Å². The Kier molecular flexibility index (Phi) is 1.53. The Labute approximate surface area is 55.8 Å². The minimum Gasteiger partial charge on any atom is -0.387 e. The van der Waals surface area contributed by atoms with Crippen LogP contribution < -0.4 is 0 Å². The maximum atomic E-state index is 9.52. The average molecular weight is 130 g/mol. The van der Waals surface area contributed by atoms with E-state index in [4.69, 9.17) is 4.74 Å². The Morgan fingerprint density at radius 2 is 2.22 bits per heavy atom. The van der Waals surface area contributed by atoms with Crippen molar-refractivity contribution in [2.45, 2.75) is 32.0 Å². The lowest BCUT2D eigenvalue weighted by molar-refractivity contribution is -0.186. The van der Waals surface area contributed by atoms with Crippen molar-refractivity contribution in [2.75, 3.05) is 7.11 Å². The van der Waals surface area contributed by atoms with E-state index in [2.05, 4.69) is 0 Å². The fourth-order valence-electron chi connectivity index (χ4n) is 1.29. The molecule has 0 aromatic heterocycles. The van der Waals surface area contributed by atoms with Crippen molar-refractivity contribution in [3.63, 3.8) is 0 Å². The summed E-state index contributed by atoms with van der Waals surface area (Å²) in [6.07, 6.45) is 1.05. The zero-order valence-corrected chi connectivity index (χ0v) is 6.22. The van der Waals surface area contributed by atoms with Crippen molar-refractivity contribution in [3.8, 4) is 0 Å². The van der Waals surface area contributed by atoms with Gasteiger partial charge in [-0.3, -0.25) is 0 Å². The summed E-state index contributed by atoms with van der Waals surface area (Å²) in [6, 6.07) is 0. The van der Waals surface area contributed by atoms with Gasteiger partial charge in [-0.25, -0.2) is 0 Å². The summed E-state index contributed by atoms with van der Waals surface area (Å²) in [5.41, 5.74) is -0.575. The molecule has 0 aromatic rings. The summed E-state index contributed by atoms with van der Waals surface area (Å²) >= 11 is 0. The summed E-state index contributed by atoms with van der Waals surface area (Å²) in [5.74, 6) is 0.391. The van der Waals surface area contributed by atoms with E-state index in [1.54, 1.807) is 7.11 Å². The van der Waals surface area contributed by atoms with Crippen LogP contribution in [0.15, 0.2) is 0 Å². The molecule has 54 valence electrons. The van der Waals surface area contributed by atoms with E-state index in [1.165, 1.54) is 0 Å². The topological polar surface area (TPSA) is 29.5 Å². The molecule has 1 N–H and O–H groups in total. The normalized spacial score (nSPS) is 50.7. The molecule has 0 heterocycles. The molecule has 1 rings (SSSR count). The van der Waals surface area contributed by atoms with Gasteiger partial charge in [0.1, 0.15) is 0 Å². The molecule has 0 aromatic carbocycles. The summed E-state index contributed by atoms with van der Waals surface area (Å²) < 4.78 is 5.02. The van der Waals surface area contributed by atoms with Gasteiger partial charge in [-0.05, 0) is 19.3 Å². The van der Waals surface area contributed by atoms with E-state index in [-0.39, 0.29) is 6.10 Å². The molecule has 0 saturated heterocycles. The van der Waals surface area contributed by atoms with Crippen LogP contribution in [0.2, 0.25) is 0 Å². The maximum Gasteiger partial charge on any atom is 0.0906 e. The Bertz CT molecular complexity index is 109. The predicted octanol–water partition coefficient (Wildman–Crippen LogP) is 0.792. The predicted molar refractivity (Wildman–Crippen MR) is 35.2 cm³/mol. The summed E-state index contributed by atoms with van der Waals surface area (Å²) in [7, 11) is 1.64. The number of hydrogen-bond donors (Lipinski definition) is 1. The van der Waals surface area contributed by atoms with Crippen LogP contribution >= 0.6 is 0 Å². The van der Waals surface area contributed by atoms with Gasteiger partial charge >= 0.3 is 0 Å². The summed E-state index contributed by atoms with van der Waals surface area (Å²) in [5, 5.41) is 9.52. The van der Waals surface area contributed by atoms with Crippen LogP contribution in [-0.2, 0) is 4.74 Å². The van der Waals surface area contributed by atoms with Crippen LogP contribution in [0, 0.1) is 5.92 Å². The second-order valence-corrected chi connectivity index (χ2v) is 3.09. The first-order valence-corrected chi connectivity index (χ1v) is 3.34. The quantitative estimate of drug-likeness (QED) is 0.568. The van der Waals surface area contributed by atoms with Crippen LogP contribution in [0.1, 0.15) is 20.3 Å². The van der Waals surface area contributed by atoms with Crippen LogP contribution in [0.3, 0.4) is 0 Å². The standard InChI is InChI=1S/C7H14O2/c1-5-4-6(9-3)7(5,2)8/h5-6,8H,4H2,1-3H3. The molecular weight excluding hydrogens is 116 g/mol. The molecule has 0 aliphatic heterocycles. The zero-order valence-electron chi connectivity index (χ0n) is 6.22. The third-order valence-corrected chi connectivity index (χ3v) is 2.50. The minimum atomic E-state index is -0.575. The molecule has 1 fully saturated rings. The monoisotopic (exact) mass is 130 g/mol. The van der Waals surface area contributed by atoms with Gasteiger partial charge < -0.3 is 9.84 Å². The number of ether oxygens (including phenoxy) is 1. The molecule has 3 unspecified atom stereocenters. The SMILES string of the molecule is COC1CC(C)C1(C)O. The number of aliphatic hydroxyl groups is 1. The Balaban J connectivity index is 2.48. The van der Waals surface area contributed by atoms with Crippen molar-refractivity contribution in [2.24, 2.45) is 5.92 Å². The molecule has 2 heteroatoms. The number of methoxy groups -OCH3 is 1. The molecule has 1 aliphatic rings. The first kappa shape index (κ1) is 7.03. The van der Waals surface area contributed by atoms with Crippen LogP contribution in [-0.4, -0.2) is 23.9 Å². The van der Waals surface area contributed by atoms with Gasteiger partial charge in [0, 0.05) is 7.11 Å². The molecule has 1 saturated carbocycles. The summed E-state index contributed by atoms with van der Waals surface area (Å²) in [4.78, 5) is 0. The molecule has 1 aliphatic carbocycles. The fraction of sp³-hybridized carbons (Fsp3) is 1.00. The molecule has 0 radical (unpaired) electrons. The van der Waals surface area contributed by atoms with Crippen LogP contribution in [0.5, 0.6) is 0 Å². The highest BCUT2D eigenvalue weighted by molar-refractivity contribution is 4.99. The average Bonchev–Trinajstić information content (AvgIpc) is 1.82. The van der Waals surface area contributed by atoms with Crippen LogP contribution in [0.25, 0.3) is 0 Å². The number of rotatable bonds is 1. The molecule has 3 atom stereocenters.